The van der Waals surface area contributed by atoms with Crippen molar-refractivity contribution in [3.05, 3.63) is 58.1 Å². The molecule has 0 aromatic heterocycles. The number of hydrogen-bond donors (Lipinski definition) is 0. The Morgan fingerprint density at radius 2 is 1.89 bits per heavy atom. The second-order valence-electron chi connectivity index (χ2n) is 3.97. The van der Waals surface area contributed by atoms with E-state index in [0.29, 0.717) is 12.3 Å². The summed E-state index contributed by atoms with van der Waals surface area (Å²) in [6, 6.07) is 15.3. The fraction of sp³-hybridized carbons (Fsp3) is 0.133. The van der Waals surface area contributed by atoms with E-state index in [1.807, 2.05) is 42.5 Å². The number of hydrogen-bond acceptors (Lipinski definition) is 2. The molecule has 0 heterocycles. The van der Waals surface area contributed by atoms with Gasteiger partial charge in [-0.2, -0.15) is 5.26 Å². The lowest BCUT2D eigenvalue weighted by molar-refractivity contribution is 0.478. The number of rotatable bonds is 4. The van der Waals surface area contributed by atoms with E-state index < -0.39 is 0 Å². The topological polar surface area (TPSA) is 33.0 Å². The summed E-state index contributed by atoms with van der Waals surface area (Å²) in [6.45, 7) is 0. The molecule has 2 aromatic rings. The van der Waals surface area contributed by atoms with Crippen molar-refractivity contribution in [1.29, 1.82) is 5.26 Å². The van der Waals surface area contributed by atoms with Crippen molar-refractivity contribution >= 4 is 27.5 Å². The van der Waals surface area contributed by atoms with Crippen molar-refractivity contribution in [3.8, 4) is 17.6 Å². The van der Waals surface area contributed by atoms with Gasteiger partial charge in [-0.1, -0.05) is 28.1 Å². The van der Waals surface area contributed by atoms with Crippen LogP contribution in [0.1, 0.15) is 11.1 Å². The first-order valence-corrected chi connectivity index (χ1v) is 7.04. The number of halogens is 2. The maximum absolute atomic E-state index is 8.62. The molecule has 0 amide bonds. The summed E-state index contributed by atoms with van der Waals surface area (Å²) in [7, 11) is 0. The lowest BCUT2D eigenvalue weighted by Gasteiger charge is -2.10. The first-order chi connectivity index (χ1) is 9.22. The van der Waals surface area contributed by atoms with Gasteiger partial charge in [-0.3, -0.25) is 0 Å². The van der Waals surface area contributed by atoms with Gasteiger partial charge < -0.3 is 4.74 Å². The summed E-state index contributed by atoms with van der Waals surface area (Å²) in [6.07, 6.45) is 0.408. The van der Waals surface area contributed by atoms with E-state index in [1.165, 1.54) is 0 Å². The van der Waals surface area contributed by atoms with Crippen LogP contribution in [-0.4, -0.2) is 0 Å². The molecule has 0 aliphatic carbocycles. The van der Waals surface area contributed by atoms with Crippen LogP contribution in [0.4, 0.5) is 0 Å². The van der Waals surface area contributed by atoms with Crippen molar-refractivity contribution < 1.29 is 4.74 Å². The summed E-state index contributed by atoms with van der Waals surface area (Å²) in [4.78, 5) is 0. The predicted molar refractivity (Wildman–Crippen MR) is 79.5 cm³/mol. The third kappa shape index (κ3) is 3.73. The molecule has 0 aliphatic rings. The van der Waals surface area contributed by atoms with Gasteiger partial charge in [0.05, 0.1) is 18.4 Å². The van der Waals surface area contributed by atoms with Crippen molar-refractivity contribution in [2.24, 2.45) is 0 Å². The molecule has 0 fully saturated rings. The molecule has 2 aromatic carbocycles. The average molecular weight is 337 g/mol. The molecule has 0 saturated carbocycles. The van der Waals surface area contributed by atoms with E-state index in [1.54, 1.807) is 0 Å². The van der Waals surface area contributed by atoms with Crippen LogP contribution in [0.2, 0.25) is 0 Å². The normalized spacial score (nSPS) is 9.95. The molecule has 2 rings (SSSR count). The Bertz CT molecular complexity index is 605. The zero-order valence-electron chi connectivity index (χ0n) is 10.1. The van der Waals surface area contributed by atoms with E-state index in [4.69, 9.17) is 21.6 Å². The molecule has 0 atom stereocenters. The highest BCUT2D eigenvalue weighted by molar-refractivity contribution is 9.10. The minimum absolute atomic E-state index is 0.390. The second kappa shape index (κ2) is 6.60. The summed E-state index contributed by atoms with van der Waals surface area (Å²) >= 11 is 9.30. The van der Waals surface area contributed by atoms with Gasteiger partial charge in [0.2, 0.25) is 0 Å². The van der Waals surface area contributed by atoms with E-state index in [0.717, 1.165) is 27.1 Å². The second-order valence-corrected chi connectivity index (χ2v) is 5.15. The van der Waals surface area contributed by atoms with Crippen molar-refractivity contribution in [1.82, 2.24) is 0 Å². The van der Waals surface area contributed by atoms with Crippen LogP contribution in [0.25, 0.3) is 0 Å². The molecular formula is C15H11BrClNO. The van der Waals surface area contributed by atoms with Crippen LogP contribution < -0.4 is 4.74 Å². The lowest BCUT2D eigenvalue weighted by Crippen LogP contribution is -1.90. The lowest BCUT2D eigenvalue weighted by atomic mass is 10.1. The van der Waals surface area contributed by atoms with Crippen molar-refractivity contribution in [2.75, 3.05) is 0 Å². The van der Waals surface area contributed by atoms with E-state index in [-0.39, 0.29) is 0 Å². The smallest absolute Gasteiger partial charge is 0.131 e. The van der Waals surface area contributed by atoms with Crippen LogP contribution in [0.5, 0.6) is 11.5 Å². The Kier molecular flexibility index (Phi) is 4.84. The maximum atomic E-state index is 8.62. The summed E-state index contributed by atoms with van der Waals surface area (Å²) < 4.78 is 6.77. The Labute approximate surface area is 125 Å². The third-order valence-electron chi connectivity index (χ3n) is 2.60. The number of alkyl halides is 1. The molecular weight excluding hydrogens is 326 g/mol. The van der Waals surface area contributed by atoms with E-state index in [9.17, 15) is 0 Å². The fourth-order valence-corrected chi connectivity index (χ4v) is 2.26. The highest BCUT2D eigenvalue weighted by Gasteiger charge is 2.05. The molecule has 0 aliphatic heterocycles. The number of ether oxygens (including phenoxy) is 1. The molecule has 19 heavy (non-hydrogen) atoms. The van der Waals surface area contributed by atoms with Crippen molar-refractivity contribution in [2.45, 2.75) is 12.3 Å². The zero-order valence-corrected chi connectivity index (χ0v) is 12.4. The molecule has 96 valence electrons. The Morgan fingerprint density at radius 3 is 2.53 bits per heavy atom. The summed E-state index contributed by atoms with van der Waals surface area (Å²) in [5, 5.41) is 8.62. The van der Waals surface area contributed by atoms with Crippen molar-refractivity contribution in [3.63, 3.8) is 0 Å². The molecule has 0 saturated heterocycles. The zero-order chi connectivity index (χ0) is 13.7. The summed E-state index contributed by atoms with van der Waals surface area (Å²) in [5.74, 6) is 1.86. The van der Waals surface area contributed by atoms with E-state index >= 15 is 0 Å². The largest absolute Gasteiger partial charge is 0.457 e. The minimum atomic E-state index is 0.390. The molecule has 0 radical (unpaired) electrons. The number of benzene rings is 2. The number of nitriles is 1. The van der Waals surface area contributed by atoms with E-state index in [2.05, 4.69) is 22.0 Å². The van der Waals surface area contributed by atoms with Gasteiger partial charge in [-0.05, 0) is 35.9 Å². The standard InChI is InChI=1S/C15H11BrClNO/c16-13-3-6-15(12(9-13)10-17)19-14-4-1-11(2-5-14)7-8-18/h1-6,9H,7,10H2. The molecule has 0 bridgehead atoms. The van der Waals surface area contributed by atoms with Gasteiger partial charge in [0.15, 0.2) is 0 Å². The minimum Gasteiger partial charge on any atom is -0.457 e. The Hall–Kier alpha value is -1.50. The number of nitrogens with zero attached hydrogens (tertiary/aromatic N) is 1. The van der Waals surface area contributed by atoms with Gasteiger partial charge in [0, 0.05) is 10.0 Å². The summed E-state index contributed by atoms with van der Waals surface area (Å²) in [5.41, 5.74) is 1.90. The Balaban J connectivity index is 2.19. The van der Waals surface area contributed by atoms with Crippen LogP contribution >= 0.6 is 27.5 Å². The monoisotopic (exact) mass is 335 g/mol. The highest BCUT2D eigenvalue weighted by atomic mass is 79.9. The van der Waals surface area contributed by atoms with Gasteiger partial charge in [-0.25, -0.2) is 0 Å². The fourth-order valence-electron chi connectivity index (χ4n) is 1.65. The molecule has 4 heteroatoms. The molecule has 0 N–H and O–H groups in total. The highest BCUT2D eigenvalue weighted by Crippen LogP contribution is 2.29. The average Bonchev–Trinajstić information content (AvgIpc) is 2.43. The molecule has 0 unspecified atom stereocenters. The SMILES string of the molecule is N#CCc1ccc(Oc2ccc(Br)cc2CCl)cc1. The molecule has 0 spiro atoms. The first-order valence-electron chi connectivity index (χ1n) is 5.71. The van der Waals surface area contributed by atoms with Crippen LogP contribution in [0.15, 0.2) is 46.9 Å². The predicted octanol–water partition coefficient (Wildman–Crippen LogP) is 5.05. The van der Waals surface area contributed by atoms with Gasteiger partial charge >= 0.3 is 0 Å². The quantitative estimate of drug-likeness (QED) is 0.732. The van der Waals surface area contributed by atoms with Crippen LogP contribution in [0, 0.1) is 11.3 Å². The van der Waals surface area contributed by atoms with Gasteiger partial charge in [0.1, 0.15) is 11.5 Å². The van der Waals surface area contributed by atoms with Crippen LogP contribution in [0.3, 0.4) is 0 Å². The van der Waals surface area contributed by atoms with Gasteiger partial charge in [0.25, 0.3) is 0 Å². The van der Waals surface area contributed by atoms with Gasteiger partial charge in [-0.15, -0.1) is 11.6 Å². The van der Waals surface area contributed by atoms with Crippen LogP contribution in [-0.2, 0) is 12.3 Å². The third-order valence-corrected chi connectivity index (χ3v) is 3.38. The Morgan fingerprint density at radius 1 is 1.16 bits per heavy atom. The maximum Gasteiger partial charge on any atom is 0.131 e. The first kappa shape index (κ1) is 13.9. The molecule has 2 nitrogen and oxygen atoms in total.